The zero-order valence-corrected chi connectivity index (χ0v) is 16.4. The third-order valence-corrected chi connectivity index (χ3v) is 6.16. The molecule has 1 aliphatic rings. The molecular weight excluding hydrogens is 382 g/mol. The van der Waals surface area contributed by atoms with Gasteiger partial charge in [0.15, 0.2) is 4.90 Å². The molecule has 1 heterocycles. The summed E-state index contributed by atoms with van der Waals surface area (Å²) in [4.78, 5) is 12.3. The van der Waals surface area contributed by atoms with Crippen molar-refractivity contribution < 1.29 is 18.1 Å². The molecule has 1 fully saturated rings. The van der Waals surface area contributed by atoms with Crippen molar-refractivity contribution in [2.75, 3.05) is 20.1 Å². The van der Waals surface area contributed by atoms with Gasteiger partial charge in [0.25, 0.3) is 5.69 Å². The Bertz CT molecular complexity index is 923. The zero-order valence-electron chi connectivity index (χ0n) is 15.6. The molecule has 0 radical (unpaired) electrons. The molecule has 1 saturated heterocycles. The lowest BCUT2D eigenvalue weighted by Crippen LogP contribution is -2.35. The third kappa shape index (κ3) is 5.06. The van der Waals surface area contributed by atoms with Crippen LogP contribution in [-0.4, -0.2) is 44.5 Å². The fraction of sp³-hybridized carbons (Fsp3) is 0.368. The molecule has 0 saturated carbocycles. The molecule has 2 aromatic rings. The second kappa shape index (κ2) is 8.68. The predicted molar refractivity (Wildman–Crippen MR) is 105 cm³/mol. The highest BCUT2D eigenvalue weighted by atomic mass is 32.2. The number of nitro benzene ring substituents is 1. The lowest BCUT2D eigenvalue weighted by Gasteiger charge is -2.29. The van der Waals surface area contributed by atoms with E-state index in [-0.39, 0.29) is 17.5 Å². The van der Waals surface area contributed by atoms with Crippen LogP contribution in [0.1, 0.15) is 18.4 Å². The Morgan fingerprint density at radius 2 is 1.79 bits per heavy atom. The number of nitro groups is 1. The Labute approximate surface area is 164 Å². The number of sulfonamides is 1. The molecule has 0 amide bonds. The smallest absolute Gasteiger partial charge is 0.289 e. The number of para-hydroxylation sites is 1. The summed E-state index contributed by atoms with van der Waals surface area (Å²) in [5.74, 6) is 0.750. The summed E-state index contributed by atoms with van der Waals surface area (Å²) in [6.07, 6.45) is 2.15. The maximum absolute atomic E-state index is 12.4. The number of benzene rings is 2. The largest absolute Gasteiger partial charge is 0.490 e. The molecule has 0 atom stereocenters. The van der Waals surface area contributed by atoms with Gasteiger partial charge in [-0.3, -0.25) is 10.1 Å². The summed E-state index contributed by atoms with van der Waals surface area (Å²) in [7, 11) is -1.91. The molecule has 0 bridgehead atoms. The molecule has 0 unspecified atom stereocenters. The van der Waals surface area contributed by atoms with Crippen molar-refractivity contribution in [1.82, 2.24) is 9.62 Å². The molecule has 28 heavy (non-hydrogen) atoms. The second-order valence-electron chi connectivity index (χ2n) is 6.81. The number of rotatable bonds is 7. The number of piperidine rings is 1. The number of nitrogens with one attached hydrogen (secondary N) is 1. The van der Waals surface area contributed by atoms with Crippen LogP contribution in [0, 0.1) is 10.1 Å². The van der Waals surface area contributed by atoms with Gasteiger partial charge in [-0.1, -0.05) is 24.3 Å². The number of nitrogens with zero attached hydrogens (tertiary/aromatic N) is 2. The molecule has 150 valence electrons. The highest BCUT2D eigenvalue weighted by Crippen LogP contribution is 2.23. The molecule has 1 aliphatic heterocycles. The Kier molecular flexibility index (Phi) is 6.28. The van der Waals surface area contributed by atoms with Crippen molar-refractivity contribution >= 4 is 15.7 Å². The molecule has 2 aromatic carbocycles. The first-order valence-electron chi connectivity index (χ1n) is 9.02. The number of hydrogen-bond acceptors (Lipinski definition) is 6. The van der Waals surface area contributed by atoms with Crippen LogP contribution < -0.4 is 9.46 Å². The highest BCUT2D eigenvalue weighted by Gasteiger charge is 2.24. The van der Waals surface area contributed by atoms with E-state index in [0.29, 0.717) is 0 Å². The van der Waals surface area contributed by atoms with Crippen LogP contribution in [0.25, 0.3) is 0 Å². The Hall–Kier alpha value is -2.49. The summed E-state index contributed by atoms with van der Waals surface area (Å²) < 4.78 is 33.3. The topological polar surface area (TPSA) is 102 Å². The number of ether oxygens (including phenoxy) is 1. The van der Waals surface area contributed by atoms with Crippen molar-refractivity contribution in [2.45, 2.75) is 30.4 Å². The van der Waals surface area contributed by atoms with E-state index in [4.69, 9.17) is 4.74 Å². The van der Waals surface area contributed by atoms with Crippen molar-refractivity contribution in [2.24, 2.45) is 0 Å². The minimum atomic E-state index is -4.00. The van der Waals surface area contributed by atoms with Crippen LogP contribution in [0.15, 0.2) is 53.4 Å². The van der Waals surface area contributed by atoms with Crippen LogP contribution in [0.5, 0.6) is 5.75 Å². The van der Waals surface area contributed by atoms with Gasteiger partial charge in [0.1, 0.15) is 11.9 Å². The van der Waals surface area contributed by atoms with Crippen LogP contribution in [0.4, 0.5) is 5.69 Å². The molecule has 8 nitrogen and oxygen atoms in total. The van der Waals surface area contributed by atoms with E-state index in [0.717, 1.165) is 37.2 Å². The predicted octanol–water partition coefficient (Wildman–Crippen LogP) is 2.55. The van der Waals surface area contributed by atoms with E-state index in [9.17, 15) is 18.5 Å². The maximum Gasteiger partial charge on any atom is 0.289 e. The second-order valence-corrected chi connectivity index (χ2v) is 8.55. The molecular formula is C19H23N3O5S. The van der Waals surface area contributed by atoms with E-state index in [1.807, 2.05) is 12.1 Å². The van der Waals surface area contributed by atoms with E-state index >= 15 is 0 Å². The minimum absolute atomic E-state index is 0.0306. The summed E-state index contributed by atoms with van der Waals surface area (Å²) in [6.45, 7) is 2.05. The number of likely N-dealkylation sites (tertiary alicyclic amines) is 1. The average molecular weight is 405 g/mol. The third-order valence-electron chi connectivity index (χ3n) is 4.71. The summed E-state index contributed by atoms with van der Waals surface area (Å²) in [5.41, 5.74) is 0.287. The lowest BCUT2D eigenvalue weighted by molar-refractivity contribution is -0.387. The van der Waals surface area contributed by atoms with E-state index < -0.39 is 20.6 Å². The van der Waals surface area contributed by atoms with Crippen LogP contribution in [0.2, 0.25) is 0 Å². The van der Waals surface area contributed by atoms with Gasteiger partial charge in [0, 0.05) is 25.7 Å². The van der Waals surface area contributed by atoms with Gasteiger partial charge in [0.05, 0.1) is 4.92 Å². The van der Waals surface area contributed by atoms with Gasteiger partial charge in [-0.15, -0.1) is 0 Å². The first-order chi connectivity index (χ1) is 13.3. The molecule has 0 aliphatic carbocycles. The standard InChI is InChI=1S/C19H23N3O5S/c1-21-12-10-17(11-13-21)27-16-8-6-15(7-9-16)14-20-28(25,26)19-5-3-2-4-18(19)22(23)24/h2-9,17,20H,10-14H2,1H3. The fourth-order valence-electron chi connectivity index (χ4n) is 3.07. The maximum atomic E-state index is 12.4. The molecule has 1 N–H and O–H groups in total. The fourth-order valence-corrected chi connectivity index (χ4v) is 4.26. The average Bonchev–Trinajstić information content (AvgIpc) is 2.69. The number of hydrogen-bond donors (Lipinski definition) is 1. The summed E-state index contributed by atoms with van der Waals surface area (Å²) in [5, 5.41) is 11.1. The zero-order chi connectivity index (χ0) is 20.1. The Balaban J connectivity index is 1.61. The van der Waals surface area contributed by atoms with Crippen LogP contribution in [0.3, 0.4) is 0 Å². The summed E-state index contributed by atoms with van der Waals surface area (Å²) in [6, 6.07) is 12.5. The molecule has 3 rings (SSSR count). The van der Waals surface area contributed by atoms with Gasteiger partial charge in [-0.05, 0) is 43.7 Å². The molecule has 9 heteroatoms. The first kappa shape index (κ1) is 20.2. The van der Waals surface area contributed by atoms with Crippen LogP contribution >= 0.6 is 0 Å². The molecule has 0 aromatic heterocycles. The van der Waals surface area contributed by atoms with Crippen molar-refractivity contribution in [3.05, 3.63) is 64.2 Å². The molecule has 0 spiro atoms. The van der Waals surface area contributed by atoms with E-state index in [1.54, 1.807) is 12.1 Å². The van der Waals surface area contributed by atoms with E-state index in [1.165, 1.54) is 24.3 Å². The Morgan fingerprint density at radius 3 is 2.43 bits per heavy atom. The van der Waals surface area contributed by atoms with Crippen molar-refractivity contribution in [1.29, 1.82) is 0 Å². The SMILES string of the molecule is CN1CCC(Oc2ccc(CNS(=O)(=O)c3ccccc3[N+](=O)[O-])cc2)CC1. The summed E-state index contributed by atoms with van der Waals surface area (Å²) >= 11 is 0. The quantitative estimate of drug-likeness (QED) is 0.561. The minimum Gasteiger partial charge on any atom is -0.490 e. The van der Waals surface area contributed by atoms with Gasteiger partial charge >= 0.3 is 0 Å². The van der Waals surface area contributed by atoms with Crippen LogP contribution in [-0.2, 0) is 16.6 Å². The normalized spacial score (nSPS) is 16.0. The first-order valence-corrected chi connectivity index (χ1v) is 10.5. The highest BCUT2D eigenvalue weighted by molar-refractivity contribution is 7.89. The monoisotopic (exact) mass is 405 g/mol. The van der Waals surface area contributed by atoms with Crippen molar-refractivity contribution in [3.63, 3.8) is 0 Å². The Morgan fingerprint density at radius 1 is 1.14 bits per heavy atom. The van der Waals surface area contributed by atoms with Gasteiger partial charge in [-0.2, -0.15) is 0 Å². The lowest BCUT2D eigenvalue weighted by atomic mass is 10.1. The van der Waals surface area contributed by atoms with Gasteiger partial charge < -0.3 is 9.64 Å². The van der Waals surface area contributed by atoms with Gasteiger partial charge in [-0.25, -0.2) is 13.1 Å². The van der Waals surface area contributed by atoms with E-state index in [2.05, 4.69) is 16.7 Å². The van der Waals surface area contributed by atoms with Gasteiger partial charge in [0.2, 0.25) is 10.0 Å². The van der Waals surface area contributed by atoms with Crippen molar-refractivity contribution in [3.8, 4) is 5.75 Å².